The van der Waals surface area contributed by atoms with Crippen LogP contribution in [0.3, 0.4) is 0 Å². The van der Waals surface area contributed by atoms with Crippen molar-refractivity contribution in [2.75, 3.05) is 0 Å². The standard InChI is InChI=1S/C53H34N2S.C47H30N2S.C16H10N2S/c1-3-16-35(17-4-1)50-49-45-28-9-12-31-48(45)56-52(49)55-51(54-50)40-22-14-20-38(33-40)36-18-13-19-37(32-36)39-21-15-25-42(34-39)53(41-23-5-2-6-24-41)46-29-10-7-26-43(46)44-27-8-11-30-47(44)53;1-3-15-31(16-4-1)44-43-39-25-9-12-28-42(39)50-46(43)49-45(48-44)34-19-13-17-32(29-34)33-18-14-22-36(30-33)47(35-20-5-2-6-21-35)40-26-10-7-23-37(40)38-24-8-11-27-41(38)47;1-2-6-11(7-3-1)15-14-12-8-4-5-9-13(12)19-16(14)18-10-17-15/h1-34H;1-30H;1-10H. The first-order valence-corrected chi connectivity index (χ1v) is 44.6. The maximum atomic E-state index is 5.28. The Labute approximate surface area is 735 Å². The van der Waals surface area contributed by atoms with Crippen molar-refractivity contribution in [1.29, 1.82) is 0 Å². The molecule has 17 aromatic carbocycles. The molecule has 0 bridgehead atoms. The molecular formula is C116H74N6S3. The summed E-state index contributed by atoms with van der Waals surface area (Å²) in [6, 6.07) is 159. The molecule has 0 saturated carbocycles. The second-order valence-corrected chi connectivity index (χ2v) is 34.9. The second-order valence-electron chi connectivity index (χ2n) is 31.8. The van der Waals surface area contributed by atoms with Gasteiger partial charge in [0.1, 0.15) is 20.8 Å². The molecule has 0 atom stereocenters. The van der Waals surface area contributed by atoms with E-state index < -0.39 is 10.8 Å². The minimum atomic E-state index is -0.442. The molecule has 0 fully saturated rings. The van der Waals surface area contributed by atoms with Gasteiger partial charge >= 0.3 is 0 Å². The van der Waals surface area contributed by atoms with Gasteiger partial charge in [-0.15, -0.1) is 34.0 Å². The summed E-state index contributed by atoms with van der Waals surface area (Å²) in [6.07, 6.45) is 1.65. The summed E-state index contributed by atoms with van der Waals surface area (Å²) in [4.78, 5) is 32.9. The van der Waals surface area contributed by atoms with Gasteiger partial charge in [-0.05, 0) is 149 Å². The number of nitrogens with zero attached hydrogens (tertiary/aromatic N) is 6. The monoisotopic (exact) mass is 1650 g/mol. The van der Waals surface area contributed by atoms with Gasteiger partial charge in [0.2, 0.25) is 0 Å². The molecule has 9 heteroatoms. The van der Waals surface area contributed by atoms with E-state index in [9.17, 15) is 0 Å². The third-order valence-electron chi connectivity index (χ3n) is 24.8. The molecule has 0 amide bonds. The van der Waals surface area contributed by atoms with Crippen molar-refractivity contribution in [1.82, 2.24) is 29.9 Å². The van der Waals surface area contributed by atoms with Crippen LogP contribution in [0.2, 0.25) is 0 Å². The Kier molecular flexibility index (Phi) is 18.9. The fraction of sp³-hybridized carbons (Fsp3) is 0.0172. The van der Waals surface area contributed by atoms with E-state index in [2.05, 4.69) is 435 Å². The second kappa shape index (κ2) is 31.6. The Hall–Kier alpha value is -15.4. The summed E-state index contributed by atoms with van der Waals surface area (Å²) in [7, 11) is 0. The molecule has 0 aliphatic heterocycles. The van der Waals surface area contributed by atoms with E-state index in [1.165, 1.54) is 108 Å². The predicted octanol–water partition coefficient (Wildman–Crippen LogP) is 30.6. The van der Waals surface area contributed by atoms with Crippen molar-refractivity contribution >= 4 is 94.9 Å². The molecule has 0 unspecified atom stereocenters. The molecule has 6 heterocycles. The molecule has 2 aliphatic carbocycles. The van der Waals surface area contributed by atoms with E-state index in [1.807, 2.05) is 18.2 Å². The summed E-state index contributed by atoms with van der Waals surface area (Å²) >= 11 is 5.18. The van der Waals surface area contributed by atoms with Gasteiger partial charge in [0.25, 0.3) is 0 Å². The van der Waals surface area contributed by atoms with E-state index in [1.54, 1.807) is 40.3 Å². The number of hydrogen-bond donors (Lipinski definition) is 0. The molecular weight excluding hydrogens is 1570 g/mol. The lowest BCUT2D eigenvalue weighted by Gasteiger charge is -2.34. The number of thiophene rings is 3. The lowest BCUT2D eigenvalue weighted by atomic mass is 9.67. The van der Waals surface area contributed by atoms with Crippen molar-refractivity contribution in [2.45, 2.75) is 10.8 Å². The topological polar surface area (TPSA) is 77.3 Å². The van der Waals surface area contributed by atoms with Crippen LogP contribution in [0.15, 0.2) is 449 Å². The number of benzene rings is 17. The van der Waals surface area contributed by atoms with E-state index in [0.717, 1.165) is 109 Å². The van der Waals surface area contributed by atoms with Crippen molar-refractivity contribution in [3.63, 3.8) is 0 Å². The fourth-order valence-corrected chi connectivity index (χ4v) is 22.5. The van der Waals surface area contributed by atoms with Crippen LogP contribution in [0.4, 0.5) is 0 Å². The molecule has 2 aliphatic rings. The lowest BCUT2D eigenvalue weighted by Crippen LogP contribution is -2.28. The highest BCUT2D eigenvalue weighted by Crippen LogP contribution is 2.59. The summed E-state index contributed by atoms with van der Waals surface area (Å²) in [5.74, 6) is 1.47. The minimum absolute atomic E-state index is 0.440. The minimum Gasteiger partial charge on any atom is -0.236 e. The third kappa shape index (κ3) is 12.9. The normalized spacial score (nSPS) is 12.6. The van der Waals surface area contributed by atoms with Crippen molar-refractivity contribution in [3.05, 3.63) is 494 Å². The highest BCUT2D eigenvalue weighted by Gasteiger charge is 2.48. The Morgan fingerprint density at radius 1 is 0.184 bits per heavy atom. The average molecular weight is 1650 g/mol. The maximum Gasteiger partial charge on any atom is 0.161 e. The number of fused-ring (bicyclic) bond motifs is 15. The summed E-state index contributed by atoms with van der Waals surface area (Å²) in [5.41, 5.74) is 29.8. The molecule has 23 aromatic rings. The van der Waals surface area contributed by atoms with Gasteiger partial charge in [0.15, 0.2) is 11.6 Å². The molecule has 6 aromatic heterocycles. The van der Waals surface area contributed by atoms with E-state index in [4.69, 9.17) is 19.9 Å². The van der Waals surface area contributed by atoms with Crippen molar-refractivity contribution < 1.29 is 0 Å². The number of hydrogen-bond acceptors (Lipinski definition) is 9. The van der Waals surface area contributed by atoms with Crippen LogP contribution in [0.25, 0.3) is 173 Å². The molecule has 586 valence electrons. The zero-order valence-electron chi connectivity index (χ0n) is 67.6. The molecule has 6 nitrogen and oxygen atoms in total. The Balaban J connectivity index is 0.000000119. The van der Waals surface area contributed by atoms with Crippen LogP contribution in [0.1, 0.15) is 44.5 Å². The summed E-state index contributed by atoms with van der Waals surface area (Å²) in [5, 5.41) is 7.03. The molecule has 125 heavy (non-hydrogen) atoms. The van der Waals surface area contributed by atoms with Gasteiger partial charge in [-0.25, -0.2) is 29.9 Å². The van der Waals surface area contributed by atoms with Gasteiger partial charge in [-0.1, -0.05) is 394 Å². The molecule has 0 saturated heterocycles. The summed E-state index contributed by atoms with van der Waals surface area (Å²) in [6.45, 7) is 0. The van der Waals surface area contributed by atoms with E-state index in [-0.39, 0.29) is 0 Å². The van der Waals surface area contributed by atoms with Crippen LogP contribution in [-0.2, 0) is 10.8 Å². The van der Waals surface area contributed by atoms with Gasteiger partial charge < -0.3 is 0 Å². The Morgan fingerprint density at radius 3 is 0.824 bits per heavy atom. The zero-order valence-corrected chi connectivity index (χ0v) is 70.1. The first-order valence-electron chi connectivity index (χ1n) is 42.2. The number of aromatic nitrogens is 6. The summed E-state index contributed by atoms with van der Waals surface area (Å²) < 4.78 is 3.70. The SMILES string of the molecule is c1ccc(-c2nc(-c3cccc(-c4cccc(-c5cccc(C6(c7ccccc7)c7ccccc7-c7ccccc76)c5)c4)c3)nc3sc4ccccc4c23)cc1.c1ccc(-c2nc(-c3cccc(-c4cccc(C5(c6ccccc6)c6ccccc6-c6ccccc65)c4)c3)nc3sc4ccccc4c23)cc1.c1ccc(-c2ncnc3sc4ccccc4c23)cc1. The van der Waals surface area contributed by atoms with Crippen LogP contribution >= 0.6 is 34.0 Å². The quantitative estimate of drug-likeness (QED) is 0.121. The highest BCUT2D eigenvalue weighted by molar-refractivity contribution is 7.26. The predicted molar refractivity (Wildman–Crippen MR) is 523 cm³/mol. The lowest BCUT2D eigenvalue weighted by molar-refractivity contribution is 0.769. The molecule has 0 N–H and O–H groups in total. The Morgan fingerprint density at radius 2 is 0.448 bits per heavy atom. The first kappa shape index (κ1) is 74.7. The van der Waals surface area contributed by atoms with Gasteiger partial charge in [-0.2, -0.15) is 0 Å². The smallest absolute Gasteiger partial charge is 0.161 e. The first-order chi connectivity index (χ1) is 62.0. The molecule has 0 spiro atoms. The van der Waals surface area contributed by atoms with Crippen molar-refractivity contribution in [2.24, 2.45) is 0 Å². The highest BCUT2D eigenvalue weighted by atomic mass is 32.1. The number of rotatable bonds is 12. The Bertz CT molecular complexity index is 7970. The van der Waals surface area contributed by atoms with Gasteiger partial charge in [0.05, 0.1) is 27.9 Å². The van der Waals surface area contributed by atoms with Crippen LogP contribution in [0.5, 0.6) is 0 Å². The largest absolute Gasteiger partial charge is 0.236 e. The average Bonchev–Trinajstić information content (AvgIpc) is 1.55. The third-order valence-corrected chi connectivity index (χ3v) is 28.0. The van der Waals surface area contributed by atoms with E-state index in [0.29, 0.717) is 0 Å². The zero-order chi connectivity index (χ0) is 82.8. The van der Waals surface area contributed by atoms with Crippen LogP contribution in [-0.4, -0.2) is 29.9 Å². The van der Waals surface area contributed by atoms with Gasteiger partial charge in [-0.3, -0.25) is 0 Å². The molecule has 0 radical (unpaired) electrons. The van der Waals surface area contributed by atoms with Crippen LogP contribution < -0.4 is 0 Å². The van der Waals surface area contributed by atoms with Crippen LogP contribution in [0, 0.1) is 0 Å². The van der Waals surface area contributed by atoms with E-state index >= 15 is 0 Å². The maximum absolute atomic E-state index is 5.28. The fourth-order valence-electron chi connectivity index (χ4n) is 19.3. The molecule has 25 rings (SSSR count). The van der Waals surface area contributed by atoms with Crippen molar-refractivity contribution in [3.8, 4) is 112 Å². The van der Waals surface area contributed by atoms with Gasteiger partial charge in [0, 0.05) is 74.2 Å².